The Morgan fingerprint density at radius 2 is 1.88 bits per heavy atom. The van der Waals surface area contributed by atoms with Crippen LogP contribution in [0, 0.1) is 6.92 Å². The van der Waals surface area contributed by atoms with Gasteiger partial charge in [-0.2, -0.15) is 0 Å². The van der Waals surface area contributed by atoms with Crippen LogP contribution in [0.25, 0.3) is 0 Å². The second kappa shape index (κ2) is 6.80. The zero-order valence-corrected chi connectivity index (χ0v) is 11.0. The quantitative estimate of drug-likeness (QED) is 0.776. The van der Waals surface area contributed by atoms with E-state index in [9.17, 15) is 0 Å². The van der Waals surface area contributed by atoms with Gasteiger partial charge < -0.3 is 5.32 Å². The van der Waals surface area contributed by atoms with Crippen molar-refractivity contribution < 1.29 is 0 Å². The molecule has 0 spiro atoms. The van der Waals surface area contributed by atoms with Gasteiger partial charge in [0.25, 0.3) is 0 Å². The number of nitrogens with one attached hydrogen (secondary N) is 1. The third kappa shape index (κ3) is 4.51. The molecule has 1 fully saturated rings. The number of rotatable bonds is 4. The molecule has 1 nitrogen and oxygen atoms in total. The maximum Gasteiger partial charge on any atom is 0.00671 e. The molecule has 94 valence electrons. The molecule has 1 heteroatoms. The van der Waals surface area contributed by atoms with Crippen molar-refractivity contribution in [3.05, 3.63) is 35.4 Å². The average molecular weight is 231 g/mol. The molecule has 0 aliphatic heterocycles. The van der Waals surface area contributed by atoms with Gasteiger partial charge in [0, 0.05) is 6.04 Å². The average Bonchev–Trinajstić information content (AvgIpc) is 2.58. The van der Waals surface area contributed by atoms with Gasteiger partial charge in [0.1, 0.15) is 0 Å². The predicted molar refractivity (Wildman–Crippen MR) is 74.4 cm³/mol. The number of benzene rings is 1. The highest BCUT2D eigenvalue weighted by molar-refractivity contribution is 5.22. The fourth-order valence-corrected chi connectivity index (χ4v) is 2.77. The zero-order valence-electron chi connectivity index (χ0n) is 11.0. The maximum atomic E-state index is 3.73. The first-order valence-electron chi connectivity index (χ1n) is 7.13. The Balaban J connectivity index is 1.71. The monoisotopic (exact) mass is 231 g/mol. The minimum Gasteiger partial charge on any atom is -0.314 e. The van der Waals surface area contributed by atoms with E-state index in [-0.39, 0.29) is 0 Å². The molecular formula is C16H25N. The van der Waals surface area contributed by atoms with E-state index in [1.165, 1.54) is 49.7 Å². The summed E-state index contributed by atoms with van der Waals surface area (Å²) in [6, 6.07) is 9.65. The summed E-state index contributed by atoms with van der Waals surface area (Å²) in [5.41, 5.74) is 2.84. The minimum absolute atomic E-state index is 0.780. The van der Waals surface area contributed by atoms with Crippen LogP contribution < -0.4 is 5.32 Å². The first-order chi connectivity index (χ1) is 8.34. The SMILES string of the molecule is Cc1cccc(CCNC2CCCCCC2)c1. The number of aryl methyl sites for hydroxylation is 1. The molecule has 1 aliphatic carbocycles. The molecule has 0 atom stereocenters. The lowest BCUT2D eigenvalue weighted by atomic mass is 10.1. The van der Waals surface area contributed by atoms with Crippen LogP contribution in [-0.4, -0.2) is 12.6 Å². The van der Waals surface area contributed by atoms with Crippen molar-refractivity contribution in [2.45, 2.75) is 57.9 Å². The van der Waals surface area contributed by atoms with E-state index in [0.717, 1.165) is 19.0 Å². The molecule has 0 saturated heterocycles. The highest BCUT2D eigenvalue weighted by atomic mass is 14.9. The molecule has 0 heterocycles. The van der Waals surface area contributed by atoms with Gasteiger partial charge in [0.05, 0.1) is 0 Å². The topological polar surface area (TPSA) is 12.0 Å². The first kappa shape index (κ1) is 12.6. The van der Waals surface area contributed by atoms with Gasteiger partial charge in [-0.15, -0.1) is 0 Å². The molecular weight excluding hydrogens is 206 g/mol. The second-order valence-electron chi connectivity index (χ2n) is 5.38. The molecule has 1 aromatic rings. The summed E-state index contributed by atoms with van der Waals surface area (Å²) in [4.78, 5) is 0. The lowest BCUT2D eigenvalue weighted by molar-refractivity contribution is 0.463. The van der Waals surface area contributed by atoms with Gasteiger partial charge in [-0.3, -0.25) is 0 Å². The van der Waals surface area contributed by atoms with Crippen molar-refractivity contribution in [1.82, 2.24) is 5.32 Å². The van der Waals surface area contributed by atoms with Crippen LogP contribution in [0.2, 0.25) is 0 Å². The van der Waals surface area contributed by atoms with E-state index in [0.29, 0.717) is 0 Å². The van der Waals surface area contributed by atoms with Crippen LogP contribution >= 0.6 is 0 Å². The van der Waals surface area contributed by atoms with Crippen LogP contribution in [-0.2, 0) is 6.42 Å². The van der Waals surface area contributed by atoms with Gasteiger partial charge in [-0.05, 0) is 38.3 Å². The number of hydrogen-bond donors (Lipinski definition) is 1. The highest BCUT2D eigenvalue weighted by Gasteiger charge is 2.10. The predicted octanol–water partition coefficient (Wildman–Crippen LogP) is 3.85. The van der Waals surface area contributed by atoms with Crippen molar-refractivity contribution in [3.63, 3.8) is 0 Å². The minimum atomic E-state index is 0.780. The maximum absolute atomic E-state index is 3.73. The standard InChI is InChI=1S/C16H25N/c1-14-7-6-8-15(13-14)11-12-17-16-9-4-2-3-5-10-16/h6-8,13,16-17H,2-5,9-12H2,1H3. The second-order valence-corrected chi connectivity index (χ2v) is 5.38. The summed E-state index contributed by atoms with van der Waals surface area (Å²) in [5, 5.41) is 3.73. The van der Waals surface area contributed by atoms with Gasteiger partial charge >= 0.3 is 0 Å². The van der Waals surface area contributed by atoms with Crippen LogP contribution in [0.3, 0.4) is 0 Å². The smallest absolute Gasteiger partial charge is 0.00671 e. The summed E-state index contributed by atoms with van der Waals surface area (Å²) < 4.78 is 0. The normalized spacial score (nSPS) is 17.9. The zero-order chi connectivity index (χ0) is 11.9. The molecule has 0 radical (unpaired) electrons. The van der Waals surface area contributed by atoms with Gasteiger partial charge in [0.15, 0.2) is 0 Å². The molecule has 1 aromatic carbocycles. The molecule has 0 aromatic heterocycles. The van der Waals surface area contributed by atoms with Crippen LogP contribution in [0.4, 0.5) is 0 Å². The molecule has 2 rings (SSSR count). The molecule has 0 unspecified atom stereocenters. The Morgan fingerprint density at radius 3 is 2.59 bits per heavy atom. The van der Waals surface area contributed by atoms with Crippen molar-refractivity contribution in [3.8, 4) is 0 Å². The van der Waals surface area contributed by atoms with Crippen molar-refractivity contribution in [1.29, 1.82) is 0 Å². The Bertz CT molecular complexity index is 324. The van der Waals surface area contributed by atoms with E-state index < -0.39 is 0 Å². The fraction of sp³-hybridized carbons (Fsp3) is 0.625. The third-order valence-electron chi connectivity index (χ3n) is 3.78. The molecule has 0 bridgehead atoms. The Hall–Kier alpha value is -0.820. The molecule has 17 heavy (non-hydrogen) atoms. The van der Waals surface area contributed by atoms with E-state index in [2.05, 4.69) is 36.5 Å². The highest BCUT2D eigenvalue weighted by Crippen LogP contribution is 2.17. The van der Waals surface area contributed by atoms with E-state index in [1.54, 1.807) is 0 Å². The van der Waals surface area contributed by atoms with Crippen LogP contribution in [0.15, 0.2) is 24.3 Å². The summed E-state index contributed by atoms with van der Waals surface area (Å²) >= 11 is 0. The summed E-state index contributed by atoms with van der Waals surface area (Å²) in [7, 11) is 0. The Labute approximate surface area is 106 Å². The Kier molecular flexibility index (Phi) is 5.06. The Morgan fingerprint density at radius 1 is 1.12 bits per heavy atom. The van der Waals surface area contributed by atoms with Crippen LogP contribution in [0.5, 0.6) is 0 Å². The van der Waals surface area contributed by atoms with Crippen molar-refractivity contribution in [2.24, 2.45) is 0 Å². The molecule has 1 N–H and O–H groups in total. The van der Waals surface area contributed by atoms with Crippen molar-refractivity contribution >= 4 is 0 Å². The van der Waals surface area contributed by atoms with Crippen molar-refractivity contribution in [2.75, 3.05) is 6.54 Å². The van der Waals surface area contributed by atoms with Gasteiger partial charge in [0.2, 0.25) is 0 Å². The molecule has 1 saturated carbocycles. The van der Waals surface area contributed by atoms with E-state index >= 15 is 0 Å². The summed E-state index contributed by atoms with van der Waals surface area (Å²) in [6.07, 6.45) is 9.65. The summed E-state index contributed by atoms with van der Waals surface area (Å²) in [5.74, 6) is 0. The van der Waals surface area contributed by atoms with Gasteiger partial charge in [-0.1, -0.05) is 55.5 Å². The lowest BCUT2D eigenvalue weighted by Gasteiger charge is -2.16. The summed E-state index contributed by atoms with van der Waals surface area (Å²) in [6.45, 7) is 3.30. The third-order valence-corrected chi connectivity index (χ3v) is 3.78. The fourth-order valence-electron chi connectivity index (χ4n) is 2.77. The van der Waals surface area contributed by atoms with Gasteiger partial charge in [-0.25, -0.2) is 0 Å². The molecule has 1 aliphatic rings. The first-order valence-corrected chi connectivity index (χ1v) is 7.13. The largest absolute Gasteiger partial charge is 0.314 e. The van der Waals surface area contributed by atoms with Crippen LogP contribution in [0.1, 0.15) is 49.7 Å². The lowest BCUT2D eigenvalue weighted by Crippen LogP contribution is -2.30. The van der Waals surface area contributed by atoms with E-state index in [1.807, 2.05) is 0 Å². The van der Waals surface area contributed by atoms with E-state index in [4.69, 9.17) is 0 Å². The number of hydrogen-bond acceptors (Lipinski definition) is 1. The molecule has 0 amide bonds.